The van der Waals surface area contributed by atoms with Gasteiger partial charge in [0.05, 0.1) is 18.9 Å². The number of aromatic nitrogens is 2. The number of halogens is 1. The standard InChI is InChI=1S/C19H26FN3O8/c1-5-6-7-8-28-19(27)22-16-13(20)9-23(18(26)21-16)17-15(31-12(4)25)14(10(2)29-17)30-11(3)24/h9-10,14-15,17H,5-8H2,1-4H3,(H,21,22,26,27)/t10?,14-,15-,17?/m1/s1. The molecule has 12 heteroatoms. The third kappa shape index (κ3) is 6.48. The minimum absolute atomic E-state index is 0.147. The van der Waals surface area contributed by atoms with E-state index in [0.29, 0.717) is 6.42 Å². The summed E-state index contributed by atoms with van der Waals surface area (Å²) in [6.07, 6.45) is -2.02. The molecule has 172 valence electrons. The summed E-state index contributed by atoms with van der Waals surface area (Å²) in [7, 11) is 0. The Hall–Kier alpha value is -3.02. The highest BCUT2D eigenvalue weighted by molar-refractivity contribution is 5.83. The van der Waals surface area contributed by atoms with Crippen molar-refractivity contribution in [2.75, 3.05) is 11.9 Å². The number of hydrogen-bond acceptors (Lipinski definition) is 9. The summed E-state index contributed by atoms with van der Waals surface area (Å²) in [6.45, 7) is 5.98. The van der Waals surface area contributed by atoms with E-state index in [9.17, 15) is 23.6 Å². The molecule has 1 amide bonds. The first kappa shape index (κ1) is 24.3. The van der Waals surface area contributed by atoms with Crippen molar-refractivity contribution in [1.29, 1.82) is 0 Å². The lowest BCUT2D eigenvalue weighted by Crippen LogP contribution is -2.40. The Morgan fingerprint density at radius 1 is 1.19 bits per heavy atom. The SMILES string of the molecule is CCCCCOC(=O)Nc1nc(=O)n(C2OC(C)[C@@H](OC(C)=O)[C@H]2OC(C)=O)cc1F. The van der Waals surface area contributed by atoms with Gasteiger partial charge < -0.3 is 18.9 Å². The van der Waals surface area contributed by atoms with Gasteiger partial charge in [-0.3, -0.25) is 19.5 Å². The van der Waals surface area contributed by atoms with E-state index in [0.717, 1.165) is 30.5 Å². The lowest BCUT2D eigenvalue weighted by Gasteiger charge is -2.23. The molecular formula is C19H26FN3O8. The molecule has 2 unspecified atom stereocenters. The number of nitrogens with one attached hydrogen (secondary N) is 1. The molecule has 2 heterocycles. The van der Waals surface area contributed by atoms with E-state index in [-0.39, 0.29) is 6.61 Å². The topological polar surface area (TPSA) is 135 Å². The Kier molecular flexibility index (Phi) is 8.48. The van der Waals surface area contributed by atoms with Crippen LogP contribution >= 0.6 is 0 Å². The van der Waals surface area contributed by atoms with Crippen LogP contribution in [0, 0.1) is 5.82 Å². The molecule has 0 bridgehead atoms. The van der Waals surface area contributed by atoms with Crippen LogP contribution in [-0.4, -0.2) is 52.5 Å². The normalized spacial score (nSPS) is 22.6. The van der Waals surface area contributed by atoms with E-state index in [1.165, 1.54) is 6.92 Å². The molecule has 1 N–H and O–H groups in total. The van der Waals surface area contributed by atoms with Gasteiger partial charge in [-0.15, -0.1) is 0 Å². The highest BCUT2D eigenvalue weighted by atomic mass is 19.1. The average molecular weight is 443 g/mol. The molecule has 1 saturated heterocycles. The van der Waals surface area contributed by atoms with Gasteiger partial charge in [0.2, 0.25) is 0 Å². The lowest BCUT2D eigenvalue weighted by atomic mass is 10.1. The van der Waals surface area contributed by atoms with Gasteiger partial charge in [0.1, 0.15) is 0 Å². The quantitative estimate of drug-likeness (QED) is 0.363. The molecule has 1 fully saturated rings. The predicted octanol–water partition coefficient (Wildman–Crippen LogP) is 1.90. The highest BCUT2D eigenvalue weighted by Gasteiger charge is 2.48. The maximum absolute atomic E-state index is 14.5. The van der Waals surface area contributed by atoms with Crippen molar-refractivity contribution in [3.63, 3.8) is 0 Å². The second kappa shape index (κ2) is 10.8. The van der Waals surface area contributed by atoms with Gasteiger partial charge in [-0.25, -0.2) is 14.0 Å². The Bertz CT molecular complexity index is 874. The maximum Gasteiger partial charge on any atom is 0.412 e. The number of anilines is 1. The van der Waals surface area contributed by atoms with Crippen molar-refractivity contribution in [3.8, 4) is 0 Å². The largest absolute Gasteiger partial charge is 0.456 e. The van der Waals surface area contributed by atoms with Crippen molar-refractivity contribution in [2.24, 2.45) is 0 Å². The van der Waals surface area contributed by atoms with E-state index in [1.54, 1.807) is 6.92 Å². The fraction of sp³-hybridized carbons (Fsp3) is 0.632. The second-order valence-corrected chi connectivity index (χ2v) is 6.98. The minimum atomic E-state index is -1.30. The number of nitrogens with zero attached hydrogens (tertiary/aromatic N) is 2. The van der Waals surface area contributed by atoms with Crippen LogP contribution < -0.4 is 11.0 Å². The van der Waals surface area contributed by atoms with E-state index in [2.05, 4.69) is 10.3 Å². The number of rotatable bonds is 8. The third-order valence-corrected chi connectivity index (χ3v) is 4.41. The molecule has 0 aromatic carbocycles. The monoisotopic (exact) mass is 443 g/mol. The van der Waals surface area contributed by atoms with Crippen molar-refractivity contribution in [3.05, 3.63) is 22.5 Å². The Morgan fingerprint density at radius 3 is 2.45 bits per heavy atom. The predicted molar refractivity (Wildman–Crippen MR) is 104 cm³/mol. The van der Waals surface area contributed by atoms with E-state index < -0.39 is 59.9 Å². The van der Waals surface area contributed by atoms with E-state index in [1.807, 2.05) is 6.92 Å². The summed E-state index contributed by atoms with van der Waals surface area (Å²) in [6, 6.07) is 0. The molecule has 1 aromatic heterocycles. The highest BCUT2D eigenvalue weighted by Crippen LogP contribution is 2.33. The average Bonchev–Trinajstić information content (AvgIpc) is 2.96. The Balaban J connectivity index is 2.22. The molecule has 11 nitrogen and oxygen atoms in total. The van der Waals surface area contributed by atoms with Crippen molar-refractivity contribution in [1.82, 2.24) is 9.55 Å². The lowest BCUT2D eigenvalue weighted by molar-refractivity contribution is -0.165. The first-order chi connectivity index (χ1) is 14.6. The van der Waals surface area contributed by atoms with Crippen LogP contribution in [0.3, 0.4) is 0 Å². The van der Waals surface area contributed by atoms with Crippen molar-refractivity contribution < 1.29 is 37.7 Å². The molecule has 1 aliphatic rings. The van der Waals surface area contributed by atoms with Gasteiger partial charge in [0, 0.05) is 13.8 Å². The number of hydrogen-bond donors (Lipinski definition) is 1. The molecule has 1 aliphatic heterocycles. The number of unbranched alkanes of at least 4 members (excludes halogenated alkanes) is 2. The summed E-state index contributed by atoms with van der Waals surface area (Å²) in [4.78, 5) is 50.7. The van der Waals surface area contributed by atoms with Crippen LogP contribution in [0.5, 0.6) is 0 Å². The fourth-order valence-electron chi connectivity index (χ4n) is 3.06. The van der Waals surface area contributed by atoms with Gasteiger partial charge in [0.15, 0.2) is 30.1 Å². The second-order valence-electron chi connectivity index (χ2n) is 6.98. The molecule has 1 aromatic rings. The first-order valence-corrected chi connectivity index (χ1v) is 9.86. The zero-order chi connectivity index (χ0) is 23.1. The summed E-state index contributed by atoms with van der Waals surface area (Å²) < 4.78 is 36.1. The van der Waals surface area contributed by atoms with Crippen LogP contribution in [0.2, 0.25) is 0 Å². The summed E-state index contributed by atoms with van der Waals surface area (Å²) in [5.41, 5.74) is -0.986. The molecular weight excluding hydrogens is 417 g/mol. The molecule has 0 saturated carbocycles. The Morgan fingerprint density at radius 2 is 1.84 bits per heavy atom. The van der Waals surface area contributed by atoms with Gasteiger partial charge in [0.25, 0.3) is 0 Å². The number of carbonyl (C=O) groups is 3. The number of carbonyl (C=O) groups excluding carboxylic acids is 3. The first-order valence-electron chi connectivity index (χ1n) is 9.86. The fourth-order valence-corrected chi connectivity index (χ4v) is 3.06. The Labute approximate surface area is 177 Å². The molecule has 0 aliphatic carbocycles. The summed E-state index contributed by atoms with van der Waals surface area (Å²) in [5.74, 6) is -3.02. The molecule has 31 heavy (non-hydrogen) atoms. The summed E-state index contributed by atoms with van der Waals surface area (Å²) in [5, 5.41) is 2.08. The van der Waals surface area contributed by atoms with Crippen LogP contribution in [-0.2, 0) is 28.5 Å². The van der Waals surface area contributed by atoms with Gasteiger partial charge in [-0.05, 0) is 13.3 Å². The zero-order valence-corrected chi connectivity index (χ0v) is 17.8. The van der Waals surface area contributed by atoms with Crippen LogP contribution in [0.15, 0.2) is 11.0 Å². The zero-order valence-electron chi connectivity index (χ0n) is 17.8. The van der Waals surface area contributed by atoms with Crippen LogP contribution in [0.25, 0.3) is 0 Å². The van der Waals surface area contributed by atoms with E-state index in [4.69, 9.17) is 18.9 Å². The number of amides is 1. The third-order valence-electron chi connectivity index (χ3n) is 4.41. The summed E-state index contributed by atoms with van der Waals surface area (Å²) >= 11 is 0. The van der Waals surface area contributed by atoms with Gasteiger partial charge >= 0.3 is 23.7 Å². The number of ether oxygens (including phenoxy) is 4. The number of esters is 2. The maximum atomic E-state index is 14.5. The van der Waals surface area contributed by atoms with Crippen molar-refractivity contribution >= 4 is 23.8 Å². The van der Waals surface area contributed by atoms with Gasteiger partial charge in [-0.1, -0.05) is 19.8 Å². The van der Waals surface area contributed by atoms with E-state index >= 15 is 0 Å². The molecule has 4 atom stereocenters. The van der Waals surface area contributed by atoms with Crippen LogP contribution in [0.4, 0.5) is 15.0 Å². The minimum Gasteiger partial charge on any atom is -0.456 e. The molecule has 0 spiro atoms. The van der Waals surface area contributed by atoms with Gasteiger partial charge in [-0.2, -0.15) is 4.98 Å². The molecule has 2 rings (SSSR count). The smallest absolute Gasteiger partial charge is 0.412 e. The molecule has 0 radical (unpaired) electrons. The van der Waals surface area contributed by atoms with Crippen LogP contribution in [0.1, 0.15) is 53.2 Å². The van der Waals surface area contributed by atoms with Crippen molar-refractivity contribution in [2.45, 2.75) is 71.5 Å².